The Hall–Kier alpha value is -2.39. The Labute approximate surface area is 161 Å². The minimum Gasteiger partial charge on any atom is -0.478 e. The van der Waals surface area contributed by atoms with Crippen LogP contribution in [0.5, 0.6) is 0 Å². The molecular formula is C24H28O3. The fourth-order valence-corrected chi connectivity index (χ4v) is 4.12. The number of aliphatic hydroxyl groups excluding tert-OH is 1. The number of aliphatic hydroxyl groups is 1. The normalized spacial score (nSPS) is 20.0. The summed E-state index contributed by atoms with van der Waals surface area (Å²) in [6.45, 7) is 14.9. The monoisotopic (exact) mass is 364 g/mol. The Balaban J connectivity index is 2.11. The van der Waals surface area contributed by atoms with E-state index in [9.17, 15) is 9.90 Å². The van der Waals surface area contributed by atoms with E-state index in [2.05, 4.69) is 53.3 Å². The van der Waals surface area contributed by atoms with Gasteiger partial charge in [-0.2, -0.15) is 0 Å². The smallest absolute Gasteiger partial charge is 0.335 e. The summed E-state index contributed by atoms with van der Waals surface area (Å²) >= 11 is 0. The molecule has 3 heteroatoms. The van der Waals surface area contributed by atoms with E-state index in [1.54, 1.807) is 24.3 Å². The average molecular weight is 364 g/mol. The number of carboxylic acid groups (broad SMARTS) is 1. The van der Waals surface area contributed by atoms with Gasteiger partial charge >= 0.3 is 5.97 Å². The van der Waals surface area contributed by atoms with Gasteiger partial charge in [0.2, 0.25) is 0 Å². The van der Waals surface area contributed by atoms with Crippen molar-refractivity contribution in [1.29, 1.82) is 0 Å². The molecule has 0 radical (unpaired) electrons. The number of carboxylic acids is 1. The molecule has 0 spiro atoms. The van der Waals surface area contributed by atoms with Gasteiger partial charge in [-0.15, -0.1) is 0 Å². The summed E-state index contributed by atoms with van der Waals surface area (Å²) in [5.41, 5.74) is 6.23. The number of aryl methyl sites for hydroxylation is 1. The SMILES string of the molecule is C=C(c1ccc(C(=O)O)cc1)c1cc2c(cc1C)C(C)(C)C[C@@H](O)C2(C)C. The highest BCUT2D eigenvalue weighted by Crippen LogP contribution is 2.47. The van der Waals surface area contributed by atoms with Crippen molar-refractivity contribution in [2.45, 2.75) is 58.0 Å². The summed E-state index contributed by atoms with van der Waals surface area (Å²) in [5, 5.41) is 19.8. The number of rotatable bonds is 3. The lowest BCUT2D eigenvalue weighted by Gasteiger charge is -2.46. The summed E-state index contributed by atoms with van der Waals surface area (Å²) in [6, 6.07) is 11.2. The molecule has 2 aromatic rings. The molecule has 0 fully saturated rings. The van der Waals surface area contributed by atoms with Crippen LogP contribution >= 0.6 is 0 Å². The molecule has 0 bridgehead atoms. The van der Waals surface area contributed by atoms with Crippen molar-refractivity contribution in [2.75, 3.05) is 0 Å². The second-order valence-corrected chi connectivity index (χ2v) is 8.90. The first kappa shape index (κ1) is 19.4. The fourth-order valence-electron chi connectivity index (χ4n) is 4.12. The highest BCUT2D eigenvalue weighted by atomic mass is 16.4. The van der Waals surface area contributed by atoms with Crippen LogP contribution in [0.4, 0.5) is 0 Å². The van der Waals surface area contributed by atoms with Gasteiger partial charge in [0.25, 0.3) is 0 Å². The van der Waals surface area contributed by atoms with Crippen molar-refractivity contribution in [3.63, 3.8) is 0 Å². The molecule has 27 heavy (non-hydrogen) atoms. The molecule has 0 unspecified atom stereocenters. The average Bonchev–Trinajstić information content (AvgIpc) is 2.59. The lowest BCUT2D eigenvalue weighted by atomic mass is 9.61. The topological polar surface area (TPSA) is 57.5 Å². The molecule has 0 aliphatic heterocycles. The van der Waals surface area contributed by atoms with Gasteiger partial charge in [0, 0.05) is 5.41 Å². The molecule has 1 aliphatic carbocycles. The lowest BCUT2D eigenvalue weighted by molar-refractivity contribution is 0.0582. The maximum Gasteiger partial charge on any atom is 0.335 e. The van der Waals surface area contributed by atoms with Crippen LogP contribution in [0.25, 0.3) is 5.57 Å². The highest BCUT2D eigenvalue weighted by molar-refractivity contribution is 5.89. The fraction of sp³-hybridized carbons (Fsp3) is 0.375. The molecule has 2 aromatic carbocycles. The number of aromatic carboxylic acids is 1. The first-order valence-corrected chi connectivity index (χ1v) is 9.32. The molecule has 142 valence electrons. The zero-order valence-electron chi connectivity index (χ0n) is 16.8. The second-order valence-electron chi connectivity index (χ2n) is 8.90. The van der Waals surface area contributed by atoms with E-state index >= 15 is 0 Å². The number of fused-ring (bicyclic) bond motifs is 1. The van der Waals surface area contributed by atoms with E-state index in [0.29, 0.717) is 0 Å². The summed E-state index contributed by atoms with van der Waals surface area (Å²) < 4.78 is 0. The Morgan fingerprint density at radius 2 is 1.59 bits per heavy atom. The molecular weight excluding hydrogens is 336 g/mol. The Bertz CT molecular complexity index is 917. The second kappa shape index (κ2) is 6.35. The molecule has 0 saturated heterocycles. The van der Waals surface area contributed by atoms with E-state index in [0.717, 1.165) is 34.2 Å². The van der Waals surface area contributed by atoms with Crippen LogP contribution in [-0.4, -0.2) is 22.3 Å². The molecule has 2 N–H and O–H groups in total. The van der Waals surface area contributed by atoms with Gasteiger partial charge in [0.05, 0.1) is 11.7 Å². The zero-order valence-corrected chi connectivity index (χ0v) is 16.8. The van der Waals surface area contributed by atoms with Gasteiger partial charge in [0.15, 0.2) is 0 Å². The van der Waals surface area contributed by atoms with Crippen LogP contribution in [0.3, 0.4) is 0 Å². The van der Waals surface area contributed by atoms with Gasteiger partial charge in [0.1, 0.15) is 0 Å². The first-order chi connectivity index (χ1) is 12.4. The van der Waals surface area contributed by atoms with E-state index < -0.39 is 12.1 Å². The third kappa shape index (κ3) is 3.21. The Kier molecular flexibility index (Phi) is 4.55. The molecule has 1 aliphatic rings. The minimum atomic E-state index is -0.935. The largest absolute Gasteiger partial charge is 0.478 e. The quantitative estimate of drug-likeness (QED) is 0.799. The number of hydrogen-bond acceptors (Lipinski definition) is 2. The van der Waals surface area contributed by atoms with Crippen molar-refractivity contribution in [2.24, 2.45) is 0 Å². The predicted octanol–water partition coefficient (Wildman–Crippen LogP) is 5.07. The van der Waals surface area contributed by atoms with E-state index in [1.165, 1.54) is 5.56 Å². The van der Waals surface area contributed by atoms with Crippen molar-refractivity contribution in [3.05, 3.63) is 76.4 Å². The zero-order chi connectivity index (χ0) is 20.1. The molecule has 3 rings (SSSR count). The molecule has 3 nitrogen and oxygen atoms in total. The molecule has 0 heterocycles. The summed E-state index contributed by atoms with van der Waals surface area (Å²) in [7, 11) is 0. The van der Waals surface area contributed by atoms with Crippen LogP contribution < -0.4 is 0 Å². The van der Waals surface area contributed by atoms with Gasteiger partial charge in [-0.05, 0) is 70.3 Å². The van der Waals surface area contributed by atoms with Gasteiger partial charge in [-0.3, -0.25) is 0 Å². The minimum absolute atomic E-state index is 0.0853. The number of hydrogen-bond donors (Lipinski definition) is 2. The van der Waals surface area contributed by atoms with Crippen molar-refractivity contribution >= 4 is 11.5 Å². The van der Waals surface area contributed by atoms with E-state index in [1.807, 2.05) is 0 Å². The van der Waals surface area contributed by atoms with E-state index in [4.69, 9.17) is 5.11 Å². The Morgan fingerprint density at radius 3 is 2.15 bits per heavy atom. The van der Waals surface area contributed by atoms with Crippen molar-refractivity contribution in [3.8, 4) is 0 Å². The maximum atomic E-state index is 11.1. The Morgan fingerprint density at radius 1 is 1.04 bits per heavy atom. The van der Waals surface area contributed by atoms with E-state index in [-0.39, 0.29) is 16.4 Å². The predicted molar refractivity (Wildman–Crippen MR) is 109 cm³/mol. The van der Waals surface area contributed by atoms with Crippen LogP contribution in [-0.2, 0) is 10.8 Å². The third-order valence-corrected chi connectivity index (χ3v) is 6.13. The van der Waals surface area contributed by atoms with Crippen molar-refractivity contribution in [1.82, 2.24) is 0 Å². The maximum absolute atomic E-state index is 11.1. The number of benzene rings is 2. The van der Waals surface area contributed by atoms with Crippen LogP contribution in [0.15, 0.2) is 43.0 Å². The molecule has 0 amide bonds. The van der Waals surface area contributed by atoms with Gasteiger partial charge < -0.3 is 10.2 Å². The van der Waals surface area contributed by atoms with Crippen LogP contribution in [0, 0.1) is 6.92 Å². The first-order valence-electron chi connectivity index (χ1n) is 9.32. The van der Waals surface area contributed by atoms with Crippen LogP contribution in [0.2, 0.25) is 0 Å². The molecule has 0 aromatic heterocycles. The summed E-state index contributed by atoms with van der Waals surface area (Å²) in [4.78, 5) is 11.1. The summed E-state index contributed by atoms with van der Waals surface area (Å²) in [5.74, 6) is -0.935. The highest BCUT2D eigenvalue weighted by Gasteiger charge is 2.43. The lowest BCUT2D eigenvalue weighted by Crippen LogP contribution is -2.45. The van der Waals surface area contributed by atoms with Gasteiger partial charge in [-0.25, -0.2) is 4.79 Å². The number of carbonyl (C=O) groups is 1. The third-order valence-electron chi connectivity index (χ3n) is 6.13. The van der Waals surface area contributed by atoms with Crippen LogP contribution in [0.1, 0.15) is 72.3 Å². The van der Waals surface area contributed by atoms with Crippen molar-refractivity contribution < 1.29 is 15.0 Å². The standard InChI is InChI=1S/C24H28O3/c1-14-11-19-20(24(5,6)21(25)13-23(19,3)4)12-18(14)15(2)16-7-9-17(10-8-16)22(26)27/h7-12,21,25H,2,13H2,1,3-6H3,(H,26,27)/t21-/m1/s1. The van der Waals surface area contributed by atoms with Gasteiger partial charge in [-0.1, -0.05) is 52.5 Å². The summed E-state index contributed by atoms with van der Waals surface area (Å²) in [6.07, 6.45) is 0.335. The molecule has 1 atom stereocenters. The molecule has 0 saturated carbocycles.